The predicted molar refractivity (Wildman–Crippen MR) is 84.5 cm³/mol. The summed E-state index contributed by atoms with van der Waals surface area (Å²) in [4.78, 5) is 11.8. The lowest BCUT2D eigenvalue weighted by Crippen LogP contribution is -2.49. The van der Waals surface area contributed by atoms with Gasteiger partial charge in [0.15, 0.2) is 5.82 Å². The molecule has 1 fully saturated rings. The van der Waals surface area contributed by atoms with Crippen molar-refractivity contribution in [1.29, 1.82) is 0 Å². The highest BCUT2D eigenvalue weighted by Crippen LogP contribution is 2.27. The first kappa shape index (κ1) is 14.2. The van der Waals surface area contributed by atoms with Gasteiger partial charge in [0.05, 0.1) is 22.8 Å². The lowest BCUT2D eigenvalue weighted by Gasteiger charge is -2.39. The van der Waals surface area contributed by atoms with Gasteiger partial charge in [-0.2, -0.15) is 0 Å². The third-order valence-electron chi connectivity index (χ3n) is 4.27. The Balaban J connectivity index is 1.97. The lowest BCUT2D eigenvalue weighted by atomic mass is 9.99. The fourth-order valence-electron chi connectivity index (χ4n) is 3.08. The normalized spacial score (nSPS) is 22.7. The molecule has 2 unspecified atom stereocenters. The number of nitrogens with zero attached hydrogens (tertiary/aromatic N) is 3. The van der Waals surface area contributed by atoms with Gasteiger partial charge in [-0.15, -0.1) is 0 Å². The number of hydrogen-bond donors (Lipinski definition) is 1. The summed E-state index contributed by atoms with van der Waals surface area (Å²) >= 11 is 0. The van der Waals surface area contributed by atoms with Gasteiger partial charge in [-0.1, -0.05) is 12.1 Å². The number of ether oxygens (including phenoxy) is 1. The summed E-state index contributed by atoms with van der Waals surface area (Å²) in [5.41, 5.74) is 8.80. The zero-order chi connectivity index (χ0) is 14.8. The second-order valence-corrected chi connectivity index (χ2v) is 5.59. The molecule has 1 aliphatic rings. The molecule has 0 amide bonds. The van der Waals surface area contributed by atoms with E-state index >= 15 is 0 Å². The molecule has 0 saturated carbocycles. The van der Waals surface area contributed by atoms with E-state index in [-0.39, 0.29) is 6.04 Å². The molecule has 2 atom stereocenters. The summed E-state index contributed by atoms with van der Waals surface area (Å²) < 4.78 is 5.49. The average molecular weight is 286 g/mol. The molecule has 1 aliphatic heterocycles. The Labute approximate surface area is 125 Å². The first-order chi connectivity index (χ1) is 10.2. The van der Waals surface area contributed by atoms with Gasteiger partial charge in [0.2, 0.25) is 0 Å². The fourth-order valence-corrected chi connectivity index (χ4v) is 3.08. The Morgan fingerprint density at radius 2 is 2.00 bits per heavy atom. The molecule has 0 radical (unpaired) electrons. The summed E-state index contributed by atoms with van der Waals surface area (Å²) in [6, 6.07) is 8.25. The molecule has 1 saturated heterocycles. The van der Waals surface area contributed by atoms with Crippen LogP contribution in [0.5, 0.6) is 0 Å². The zero-order valence-electron chi connectivity index (χ0n) is 12.6. The number of benzene rings is 1. The molecule has 5 heteroatoms. The summed E-state index contributed by atoms with van der Waals surface area (Å²) in [6.45, 7) is 3.53. The van der Waals surface area contributed by atoms with Crippen LogP contribution in [0, 0.1) is 6.92 Å². The Bertz CT molecular complexity index is 631. The monoisotopic (exact) mass is 286 g/mol. The van der Waals surface area contributed by atoms with Gasteiger partial charge in [0.25, 0.3) is 0 Å². The van der Waals surface area contributed by atoms with Crippen LogP contribution in [0.3, 0.4) is 0 Å². The first-order valence-corrected chi connectivity index (χ1v) is 7.46. The molecule has 0 spiro atoms. The summed E-state index contributed by atoms with van der Waals surface area (Å²) in [5.74, 6) is 0.957. The molecule has 1 aromatic heterocycles. The van der Waals surface area contributed by atoms with E-state index in [1.807, 2.05) is 31.2 Å². The van der Waals surface area contributed by atoms with Crippen molar-refractivity contribution in [2.75, 3.05) is 25.1 Å². The number of fused-ring (bicyclic) bond motifs is 1. The minimum Gasteiger partial charge on any atom is -0.381 e. The smallest absolute Gasteiger partial charge is 0.151 e. The summed E-state index contributed by atoms with van der Waals surface area (Å²) in [7, 11) is 1.77. The maximum atomic E-state index is 5.97. The number of rotatable bonds is 3. The maximum absolute atomic E-state index is 5.97. The number of nitrogens with two attached hydrogens (primary N) is 1. The zero-order valence-corrected chi connectivity index (χ0v) is 12.6. The van der Waals surface area contributed by atoms with E-state index in [0.717, 1.165) is 41.9 Å². The number of aromatic nitrogens is 2. The van der Waals surface area contributed by atoms with Gasteiger partial charge in [0, 0.05) is 26.2 Å². The van der Waals surface area contributed by atoms with Crippen LogP contribution in [0.15, 0.2) is 24.3 Å². The van der Waals surface area contributed by atoms with Crippen LogP contribution in [-0.2, 0) is 4.74 Å². The van der Waals surface area contributed by atoms with Gasteiger partial charge in [-0.05, 0) is 31.9 Å². The Kier molecular flexibility index (Phi) is 4.03. The van der Waals surface area contributed by atoms with Crippen molar-refractivity contribution in [3.05, 3.63) is 30.0 Å². The van der Waals surface area contributed by atoms with Crippen molar-refractivity contribution < 1.29 is 4.74 Å². The van der Waals surface area contributed by atoms with Crippen molar-refractivity contribution in [2.24, 2.45) is 5.73 Å². The number of para-hydroxylation sites is 2. The predicted octanol–water partition coefficient (Wildman–Crippen LogP) is 1.88. The number of aryl methyl sites for hydroxylation is 1. The maximum Gasteiger partial charge on any atom is 0.151 e. The van der Waals surface area contributed by atoms with E-state index in [2.05, 4.69) is 9.88 Å². The number of piperidine rings is 1. The summed E-state index contributed by atoms with van der Waals surface area (Å²) in [6.07, 6.45) is 2.24. The third kappa shape index (κ3) is 2.71. The summed E-state index contributed by atoms with van der Waals surface area (Å²) in [5, 5.41) is 0. The van der Waals surface area contributed by atoms with Crippen LogP contribution in [0.2, 0.25) is 0 Å². The van der Waals surface area contributed by atoms with Gasteiger partial charge in [-0.3, -0.25) is 0 Å². The van der Waals surface area contributed by atoms with Crippen LogP contribution < -0.4 is 10.6 Å². The Morgan fingerprint density at radius 3 is 2.67 bits per heavy atom. The van der Waals surface area contributed by atoms with E-state index in [9.17, 15) is 0 Å². The highest BCUT2D eigenvalue weighted by atomic mass is 16.5. The molecule has 3 rings (SSSR count). The van der Waals surface area contributed by atoms with Gasteiger partial charge in [-0.25, -0.2) is 9.97 Å². The molecular formula is C16H22N4O. The van der Waals surface area contributed by atoms with E-state index in [1.165, 1.54) is 0 Å². The Morgan fingerprint density at radius 1 is 1.29 bits per heavy atom. The second-order valence-electron chi connectivity index (χ2n) is 5.59. The van der Waals surface area contributed by atoms with Gasteiger partial charge >= 0.3 is 0 Å². The van der Waals surface area contributed by atoms with Crippen LogP contribution in [0.1, 0.15) is 18.5 Å². The van der Waals surface area contributed by atoms with Crippen molar-refractivity contribution in [2.45, 2.75) is 31.9 Å². The molecule has 5 nitrogen and oxygen atoms in total. The molecule has 21 heavy (non-hydrogen) atoms. The average Bonchev–Trinajstić information content (AvgIpc) is 2.53. The van der Waals surface area contributed by atoms with Crippen LogP contribution >= 0.6 is 0 Å². The molecule has 2 aromatic rings. The van der Waals surface area contributed by atoms with E-state index in [0.29, 0.717) is 12.6 Å². The number of methoxy groups -OCH3 is 1. The Hall–Kier alpha value is -1.72. The molecule has 1 aromatic carbocycles. The van der Waals surface area contributed by atoms with Crippen LogP contribution in [-0.4, -0.2) is 42.3 Å². The topological polar surface area (TPSA) is 64.3 Å². The number of hydrogen-bond acceptors (Lipinski definition) is 5. The van der Waals surface area contributed by atoms with Crippen molar-refractivity contribution >= 4 is 16.9 Å². The minimum atomic E-state index is 0.262. The fraction of sp³-hybridized carbons (Fsp3) is 0.500. The molecule has 112 valence electrons. The second kappa shape index (κ2) is 5.95. The molecule has 0 bridgehead atoms. The van der Waals surface area contributed by atoms with Gasteiger partial charge < -0.3 is 15.4 Å². The largest absolute Gasteiger partial charge is 0.381 e. The van der Waals surface area contributed by atoms with Crippen molar-refractivity contribution in [3.8, 4) is 0 Å². The van der Waals surface area contributed by atoms with Crippen molar-refractivity contribution in [3.63, 3.8) is 0 Å². The SMILES string of the molecule is COC1CCN(c2nc3ccccc3nc2C)C(CN)C1. The minimum absolute atomic E-state index is 0.262. The van der Waals surface area contributed by atoms with Crippen LogP contribution in [0.25, 0.3) is 11.0 Å². The highest BCUT2D eigenvalue weighted by Gasteiger charge is 2.29. The van der Waals surface area contributed by atoms with E-state index < -0.39 is 0 Å². The highest BCUT2D eigenvalue weighted by molar-refractivity contribution is 5.76. The van der Waals surface area contributed by atoms with Crippen LogP contribution in [0.4, 0.5) is 5.82 Å². The van der Waals surface area contributed by atoms with Gasteiger partial charge in [0.1, 0.15) is 0 Å². The third-order valence-corrected chi connectivity index (χ3v) is 4.27. The van der Waals surface area contributed by atoms with E-state index in [1.54, 1.807) is 7.11 Å². The lowest BCUT2D eigenvalue weighted by molar-refractivity contribution is 0.0707. The quantitative estimate of drug-likeness (QED) is 0.933. The molecular weight excluding hydrogens is 264 g/mol. The number of anilines is 1. The molecule has 2 heterocycles. The van der Waals surface area contributed by atoms with E-state index in [4.69, 9.17) is 15.5 Å². The molecule has 2 N–H and O–H groups in total. The first-order valence-electron chi connectivity index (χ1n) is 7.46. The van der Waals surface area contributed by atoms with Crippen molar-refractivity contribution in [1.82, 2.24) is 9.97 Å². The standard InChI is InChI=1S/C16H22N4O/c1-11-16(19-15-6-4-3-5-14(15)18-11)20-8-7-13(21-2)9-12(20)10-17/h3-6,12-13H,7-10,17H2,1-2H3. The molecule has 0 aliphatic carbocycles.